The maximum atomic E-state index is 3.83. The molecule has 0 spiro atoms. The first-order valence-corrected chi connectivity index (χ1v) is 7.69. The van der Waals surface area contributed by atoms with E-state index >= 15 is 0 Å². The van der Waals surface area contributed by atoms with Crippen molar-refractivity contribution >= 4 is 0 Å². The van der Waals surface area contributed by atoms with Gasteiger partial charge in [0.15, 0.2) is 0 Å². The fourth-order valence-corrected chi connectivity index (χ4v) is 2.60. The van der Waals surface area contributed by atoms with E-state index in [1.54, 1.807) is 0 Å². The van der Waals surface area contributed by atoms with Crippen LogP contribution in [0.2, 0.25) is 0 Å². The van der Waals surface area contributed by atoms with E-state index in [-0.39, 0.29) is 0 Å². The van der Waals surface area contributed by atoms with Crippen LogP contribution >= 0.6 is 0 Å². The highest BCUT2D eigenvalue weighted by atomic mass is 14.9. The first-order chi connectivity index (χ1) is 7.95. The lowest BCUT2D eigenvalue weighted by molar-refractivity contribution is 0.224. The standard InChI is InChI=1S/C16H33N/c1-6-14-8-7-9-15(11-10-14)17-12-16(4,5)13(2)3/h13-15,17H,6-12H2,1-5H3. The molecule has 1 fully saturated rings. The molecule has 1 aliphatic carbocycles. The van der Waals surface area contributed by atoms with Gasteiger partial charge in [-0.15, -0.1) is 0 Å². The lowest BCUT2D eigenvalue weighted by Gasteiger charge is -2.31. The molecule has 1 saturated carbocycles. The molecule has 0 saturated heterocycles. The Kier molecular flexibility index (Phi) is 5.99. The lowest BCUT2D eigenvalue weighted by atomic mass is 9.81. The van der Waals surface area contributed by atoms with E-state index in [4.69, 9.17) is 0 Å². The number of rotatable bonds is 5. The van der Waals surface area contributed by atoms with Gasteiger partial charge < -0.3 is 5.32 Å². The summed E-state index contributed by atoms with van der Waals surface area (Å²) in [6, 6.07) is 0.782. The predicted molar refractivity (Wildman–Crippen MR) is 77.3 cm³/mol. The molecule has 17 heavy (non-hydrogen) atoms. The Balaban J connectivity index is 2.32. The molecule has 1 N–H and O–H groups in total. The minimum Gasteiger partial charge on any atom is -0.313 e. The van der Waals surface area contributed by atoms with Crippen molar-refractivity contribution in [3.05, 3.63) is 0 Å². The summed E-state index contributed by atoms with van der Waals surface area (Å²) in [4.78, 5) is 0. The second kappa shape index (κ2) is 6.78. The second-order valence-corrected chi connectivity index (χ2v) is 7.00. The zero-order valence-electron chi connectivity index (χ0n) is 12.7. The molecule has 0 heterocycles. The predicted octanol–water partition coefficient (Wildman–Crippen LogP) is 4.62. The molecule has 1 aliphatic rings. The van der Waals surface area contributed by atoms with Crippen LogP contribution in [0.15, 0.2) is 0 Å². The Morgan fingerprint density at radius 3 is 2.41 bits per heavy atom. The van der Waals surface area contributed by atoms with Crippen molar-refractivity contribution in [3.8, 4) is 0 Å². The Bertz CT molecular complexity index is 208. The fraction of sp³-hybridized carbons (Fsp3) is 1.00. The van der Waals surface area contributed by atoms with Crippen molar-refractivity contribution in [1.29, 1.82) is 0 Å². The zero-order chi connectivity index (χ0) is 12.9. The highest BCUT2D eigenvalue weighted by molar-refractivity contribution is 4.80. The van der Waals surface area contributed by atoms with Crippen LogP contribution in [0.25, 0.3) is 0 Å². The SMILES string of the molecule is CCC1CCCC(NCC(C)(C)C(C)C)CC1. The van der Waals surface area contributed by atoms with Gasteiger partial charge in [0.2, 0.25) is 0 Å². The first-order valence-electron chi connectivity index (χ1n) is 7.69. The van der Waals surface area contributed by atoms with Gasteiger partial charge in [0, 0.05) is 12.6 Å². The highest BCUT2D eigenvalue weighted by Gasteiger charge is 2.24. The molecule has 0 aromatic rings. The molecule has 0 bridgehead atoms. The van der Waals surface area contributed by atoms with Crippen LogP contribution in [0.4, 0.5) is 0 Å². The highest BCUT2D eigenvalue weighted by Crippen LogP contribution is 2.28. The van der Waals surface area contributed by atoms with Gasteiger partial charge in [0.1, 0.15) is 0 Å². The Hall–Kier alpha value is -0.0400. The normalized spacial score (nSPS) is 27.2. The Morgan fingerprint density at radius 2 is 1.82 bits per heavy atom. The molecule has 1 rings (SSSR count). The minimum atomic E-state index is 0.427. The summed E-state index contributed by atoms with van der Waals surface area (Å²) in [5.74, 6) is 1.75. The van der Waals surface area contributed by atoms with Gasteiger partial charge in [-0.3, -0.25) is 0 Å². The van der Waals surface area contributed by atoms with Crippen LogP contribution in [0.1, 0.15) is 73.1 Å². The van der Waals surface area contributed by atoms with Gasteiger partial charge >= 0.3 is 0 Å². The van der Waals surface area contributed by atoms with Gasteiger partial charge in [0.05, 0.1) is 0 Å². The quantitative estimate of drug-likeness (QED) is 0.690. The first kappa shape index (κ1) is 15.0. The van der Waals surface area contributed by atoms with Gasteiger partial charge in [-0.1, -0.05) is 53.9 Å². The van der Waals surface area contributed by atoms with Crippen LogP contribution < -0.4 is 5.32 Å². The van der Waals surface area contributed by atoms with Crippen molar-refractivity contribution in [2.75, 3.05) is 6.54 Å². The van der Waals surface area contributed by atoms with Crippen LogP contribution in [0.3, 0.4) is 0 Å². The lowest BCUT2D eigenvalue weighted by Crippen LogP contribution is -2.39. The van der Waals surface area contributed by atoms with E-state index in [1.807, 2.05) is 0 Å². The topological polar surface area (TPSA) is 12.0 Å². The van der Waals surface area contributed by atoms with Crippen molar-refractivity contribution < 1.29 is 0 Å². The molecule has 2 atom stereocenters. The third-order valence-electron chi connectivity index (χ3n) is 5.07. The summed E-state index contributed by atoms with van der Waals surface area (Å²) in [5.41, 5.74) is 0.427. The van der Waals surface area contributed by atoms with E-state index in [1.165, 1.54) is 45.1 Å². The van der Waals surface area contributed by atoms with Crippen molar-refractivity contribution in [2.45, 2.75) is 79.2 Å². The van der Waals surface area contributed by atoms with Crippen molar-refractivity contribution in [3.63, 3.8) is 0 Å². The van der Waals surface area contributed by atoms with Crippen LogP contribution in [-0.4, -0.2) is 12.6 Å². The van der Waals surface area contributed by atoms with E-state index in [2.05, 4.69) is 39.9 Å². The average Bonchev–Trinajstić information content (AvgIpc) is 2.51. The van der Waals surface area contributed by atoms with Gasteiger partial charge in [-0.25, -0.2) is 0 Å². The molecule has 0 aromatic carbocycles. The average molecular weight is 239 g/mol. The monoisotopic (exact) mass is 239 g/mol. The number of hydrogen-bond acceptors (Lipinski definition) is 1. The molecule has 1 heteroatoms. The molecule has 0 aromatic heterocycles. The van der Waals surface area contributed by atoms with Gasteiger partial charge in [-0.2, -0.15) is 0 Å². The minimum absolute atomic E-state index is 0.427. The molecule has 102 valence electrons. The summed E-state index contributed by atoms with van der Waals surface area (Å²) < 4.78 is 0. The largest absolute Gasteiger partial charge is 0.313 e. The van der Waals surface area contributed by atoms with E-state index < -0.39 is 0 Å². The molecular formula is C16H33N. The van der Waals surface area contributed by atoms with Crippen LogP contribution in [0.5, 0.6) is 0 Å². The van der Waals surface area contributed by atoms with E-state index in [0.29, 0.717) is 5.41 Å². The fourth-order valence-electron chi connectivity index (χ4n) is 2.60. The van der Waals surface area contributed by atoms with Gasteiger partial charge in [-0.05, 0) is 36.5 Å². The zero-order valence-corrected chi connectivity index (χ0v) is 12.7. The third kappa shape index (κ3) is 4.99. The molecule has 2 unspecified atom stereocenters. The molecule has 0 radical (unpaired) electrons. The number of hydrogen-bond donors (Lipinski definition) is 1. The Morgan fingerprint density at radius 1 is 1.12 bits per heavy atom. The van der Waals surface area contributed by atoms with Crippen LogP contribution in [0, 0.1) is 17.3 Å². The number of nitrogens with one attached hydrogen (secondary N) is 1. The maximum absolute atomic E-state index is 3.83. The molecule has 0 aliphatic heterocycles. The second-order valence-electron chi connectivity index (χ2n) is 7.00. The summed E-state index contributed by atoms with van der Waals surface area (Å²) in [7, 11) is 0. The molecular weight excluding hydrogens is 206 g/mol. The third-order valence-corrected chi connectivity index (χ3v) is 5.07. The Labute approximate surface area is 109 Å². The smallest absolute Gasteiger partial charge is 0.00673 e. The molecule has 0 amide bonds. The molecule has 1 nitrogen and oxygen atoms in total. The van der Waals surface area contributed by atoms with Crippen LogP contribution in [-0.2, 0) is 0 Å². The van der Waals surface area contributed by atoms with E-state index in [0.717, 1.165) is 17.9 Å². The summed E-state index contributed by atoms with van der Waals surface area (Å²) in [6.45, 7) is 13.0. The van der Waals surface area contributed by atoms with E-state index in [9.17, 15) is 0 Å². The van der Waals surface area contributed by atoms with Crippen molar-refractivity contribution in [1.82, 2.24) is 5.32 Å². The summed E-state index contributed by atoms with van der Waals surface area (Å²) in [6.07, 6.45) is 8.50. The van der Waals surface area contributed by atoms with Crippen molar-refractivity contribution in [2.24, 2.45) is 17.3 Å². The maximum Gasteiger partial charge on any atom is 0.00673 e. The van der Waals surface area contributed by atoms with Gasteiger partial charge in [0.25, 0.3) is 0 Å². The summed E-state index contributed by atoms with van der Waals surface area (Å²) in [5, 5.41) is 3.83. The summed E-state index contributed by atoms with van der Waals surface area (Å²) >= 11 is 0.